The van der Waals surface area contributed by atoms with Gasteiger partial charge in [0, 0.05) is 55.2 Å². The lowest BCUT2D eigenvalue weighted by Gasteiger charge is -2.30. The van der Waals surface area contributed by atoms with E-state index >= 15 is 0 Å². The quantitative estimate of drug-likeness (QED) is 0.515. The van der Waals surface area contributed by atoms with Crippen molar-refractivity contribution in [3.05, 3.63) is 39.7 Å². The number of hydrogen-bond donors (Lipinski definition) is 1. The summed E-state index contributed by atoms with van der Waals surface area (Å²) in [4.78, 5) is 19.8. The summed E-state index contributed by atoms with van der Waals surface area (Å²) >= 11 is 1.61. The van der Waals surface area contributed by atoms with Crippen LogP contribution in [0.1, 0.15) is 36.6 Å². The van der Waals surface area contributed by atoms with E-state index in [1.54, 1.807) is 23.3 Å². The molecule has 0 saturated carbocycles. The summed E-state index contributed by atoms with van der Waals surface area (Å²) in [6.45, 7) is 4.84. The molecule has 1 N–H and O–H groups in total. The highest BCUT2D eigenvalue weighted by Crippen LogP contribution is 2.38. The third kappa shape index (κ3) is 5.63. The number of aromatic nitrogens is 1. The molecule has 0 radical (unpaired) electrons. The Labute approximate surface area is 203 Å². The molecule has 0 unspecified atom stereocenters. The van der Waals surface area contributed by atoms with Crippen LogP contribution in [0.5, 0.6) is 11.8 Å². The van der Waals surface area contributed by atoms with E-state index in [4.69, 9.17) is 23.7 Å². The molecule has 4 rings (SSSR count). The SMILES string of the molecule is COCCCOc1ccc(NC2=C(C)N(C(=O)OC)Cc3sccc32)c(OC2CCOCC2)n1. The Morgan fingerprint density at radius 2 is 2.06 bits per heavy atom. The van der Waals surface area contributed by atoms with Gasteiger partial charge >= 0.3 is 6.09 Å². The molecular formula is C24H31N3O6S. The first kappa shape index (κ1) is 24.3. The van der Waals surface area contributed by atoms with Crippen molar-refractivity contribution in [1.29, 1.82) is 0 Å². The Balaban J connectivity index is 1.62. The van der Waals surface area contributed by atoms with Crippen LogP contribution >= 0.6 is 11.3 Å². The number of nitrogens with one attached hydrogen (secondary N) is 1. The average molecular weight is 490 g/mol. The van der Waals surface area contributed by atoms with Gasteiger partial charge in [-0.1, -0.05) is 0 Å². The molecule has 0 atom stereocenters. The van der Waals surface area contributed by atoms with Gasteiger partial charge in [-0.2, -0.15) is 4.98 Å². The van der Waals surface area contributed by atoms with Gasteiger partial charge in [0.05, 0.1) is 39.2 Å². The Kier molecular flexibility index (Phi) is 8.25. The van der Waals surface area contributed by atoms with E-state index in [2.05, 4.69) is 16.4 Å². The summed E-state index contributed by atoms with van der Waals surface area (Å²) in [6, 6.07) is 5.77. The van der Waals surface area contributed by atoms with Crippen LogP contribution in [-0.4, -0.2) is 62.7 Å². The molecule has 1 saturated heterocycles. The van der Waals surface area contributed by atoms with Crippen molar-refractivity contribution in [3.63, 3.8) is 0 Å². The molecule has 0 bridgehead atoms. The van der Waals surface area contributed by atoms with Crippen molar-refractivity contribution in [3.8, 4) is 11.8 Å². The molecule has 0 spiro atoms. The molecule has 1 fully saturated rings. The van der Waals surface area contributed by atoms with Crippen LogP contribution in [0.25, 0.3) is 5.70 Å². The fourth-order valence-electron chi connectivity index (χ4n) is 3.90. The van der Waals surface area contributed by atoms with Gasteiger partial charge in [-0.15, -0.1) is 11.3 Å². The highest BCUT2D eigenvalue weighted by Gasteiger charge is 2.29. The van der Waals surface area contributed by atoms with Crippen LogP contribution in [0.2, 0.25) is 0 Å². The van der Waals surface area contributed by atoms with Crippen molar-refractivity contribution in [2.24, 2.45) is 0 Å². The highest BCUT2D eigenvalue weighted by atomic mass is 32.1. The lowest BCUT2D eigenvalue weighted by atomic mass is 10.1. The van der Waals surface area contributed by atoms with Gasteiger partial charge in [0.1, 0.15) is 11.8 Å². The largest absolute Gasteiger partial charge is 0.477 e. The van der Waals surface area contributed by atoms with Crippen molar-refractivity contribution >= 4 is 28.8 Å². The zero-order valence-corrected chi connectivity index (χ0v) is 20.6. The van der Waals surface area contributed by atoms with Crippen molar-refractivity contribution < 1.29 is 28.5 Å². The van der Waals surface area contributed by atoms with Crippen molar-refractivity contribution in [2.45, 2.75) is 38.8 Å². The van der Waals surface area contributed by atoms with E-state index in [0.717, 1.165) is 41.1 Å². The number of amides is 1. The third-order valence-corrected chi connectivity index (χ3v) is 6.67. The van der Waals surface area contributed by atoms with Gasteiger partial charge in [-0.05, 0) is 24.4 Å². The third-order valence-electron chi connectivity index (χ3n) is 5.76. The molecule has 184 valence electrons. The number of fused-ring (bicyclic) bond motifs is 1. The maximum Gasteiger partial charge on any atom is 0.414 e. The smallest absolute Gasteiger partial charge is 0.414 e. The van der Waals surface area contributed by atoms with E-state index in [1.807, 2.05) is 24.4 Å². The summed E-state index contributed by atoms with van der Waals surface area (Å²) in [6.07, 6.45) is 1.98. The highest BCUT2D eigenvalue weighted by molar-refractivity contribution is 7.10. The first-order valence-electron chi connectivity index (χ1n) is 11.4. The van der Waals surface area contributed by atoms with Gasteiger partial charge in [0.25, 0.3) is 0 Å². The first-order chi connectivity index (χ1) is 16.6. The Hall–Kier alpha value is -2.82. The van der Waals surface area contributed by atoms with E-state index < -0.39 is 6.09 Å². The molecule has 2 aromatic rings. The normalized spacial score (nSPS) is 16.3. The number of hydrogen-bond acceptors (Lipinski definition) is 9. The number of nitrogens with zero attached hydrogens (tertiary/aromatic N) is 2. The summed E-state index contributed by atoms with van der Waals surface area (Å²) in [5, 5.41) is 5.51. The zero-order chi connectivity index (χ0) is 23.9. The topological polar surface area (TPSA) is 91.4 Å². The summed E-state index contributed by atoms with van der Waals surface area (Å²) in [5.41, 5.74) is 3.35. The lowest BCUT2D eigenvalue weighted by Crippen LogP contribution is -2.33. The second-order valence-corrected chi connectivity index (χ2v) is 9.03. The molecule has 0 aliphatic carbocycles. The summed E-state index contributed by atoms with van der Waals surface area (Å²) in [5.74, 6) is 0.953. The lowest BCUT2D eigenvalue weighted by molar-refractivity contribution is 0.0238. The number of anilines is 1. The van der Waals surface area contributed by atoms with Crippen LogP contribution < -0.4 is 14.8 Å². The first-order valence-corrected chi connectivity index (χ1v) is 12.3. The van der Waals surface area contributed by atoms with Crippen LogP contribution in [-0.2, 0) is 20.8 Å². The van der Waals surface area contributed by atoms with Crippen LogP contribution in [0, 0.1) is 0 Å². The monoisotopic (exact) mass is 489 g/mol. The number of allylic oxidation sites excluding steroid dienone is 1. The number of ether oxygens (including phenoxy) is 5. The Morgan fingerprint density at radius 3 is 2.82 bits per heavy atom. The van der Waals surface area contributed by atoms with Gasteiger partial charge in [0.15, 0.2) is 0 Å². The Morgan fingerprint density at radius 1 is 1.24 bits per heavy atom. The molecule has 10 heteroatoms. The number of methoxy groups -OCH3 is 2. The molecule has 4 heterocycles. The predicted molar refractivity (Wildman–Crippen MR) is 129 cm³/mol. The standard InChI is InChI=1S/C24H31N3O6S/c1-16-22(18-9-14-34-20(18)15-27(16)24(28)30-3)25-19-5-6-21(32-11-4-10-29-2)26-23(19)33-17-7-12-31-13-8-17/h5-6,9,14,17,25H,4,7-8,10-13,15H2,1-3H3. The average Bonchev–Trinajstić information content (AvgIpc) is 3.33. The van der Waals surface area contributed by atoms with Gasteiger partial charge in [-0.3, -0.25) is 4.90 Å². The number of rotatable bonds is 9. The van der Waals surface area contributed by atoms with Gasteiger partial charge in [0.2, 0.25) is 11.8 Å². The molecule has 2 aliphatic heterocycles. The molecule has 2 aromatic heterocycles. The predicted octanol–water partition coefficient (Wildman–Crippen LogP) is 4.50. The van der Waals surface area contributed by atoms with Crippen LogP contribution in [0.15, 0.2) is 29.3 Å². The van der Waals surface area contributed by atoms with E-state index in [9.17, 15) is 4.79 Å². The summed E-state index contributed by atoms with van der Waals surface area (Å²) in [7, 11) is 3.06. The van der Waals surface area contributed by atoms with Crippen LogP contribution in [0.4, 0.5) is 10.5 Å². The second-order valence-electron chi connectivity index (χ2n) is 8.03. The maximum atomic E-state index is 12.4. The van der Waals surface area contributed by atoms with Gasteiger partial charge < -0.3 is 29.0 Å². The van der Waals surface area contributed by atoms with Crippen LogP contribution in [0.3, 0.4) is 0 Å². The number of thiophene rings is 1. The number of carbonyl (C=O) groups excluding carboxylic acids is 1. The summed E-state index contributed by atoms with van der Waals surface area (Å²) < 4.78 is 27.7. The maximum absolute atomic E-state index is 12.4. The van der Waals surface area contributed by atoms with Crippen molar-refractivity contribution in [2.75, 3.05) is 46.0 Å². The Bertz CT molecular complexity index is 1020. The molecule has 9 nitrogen and oxygen atoms in total. The zero-order valence-electron chi connectivity index (χ0n) is 19.8. The molecular weight excluding hydrogens is 458 g/mol. The molecule has 0 aromatic carbocycles. The second kappa shape index (κ2) is 11.5. The molecule has 1 amide bonds. The van der Waals surface area contributed by atoms with E-state index in [1.165, 1.54) is 7.11 Å². The minimum Gasteiger partial charge on any atom is -0.477 e. The van der Waals surface area contributed by atoms with E-state index in [0.29, 0.717) is 50.4 Å². The fourth-order valence-corrected chi connectivity index (χ4v) is 4.77. The van der Waals surface area contributed by atoms with Gasteiger partial charge in [-0.25, -0.2) is 4.79 Å². The minimum atomic E-state index is -0.396. The van der Waals surface area contributed by atoms with Crippen molar-refractivity contribution in [1.82, 2.24) is 9.88 Å². The minimum absolute atomic E-state index is 0.00949. The fraction of sp³-hybridized carbons (Fsp3) is 0.500. The molecule has 2 aliphatic rings. The molecule has 34 heavy (non-hydrogen) atoms. The number of pyridine rings is 1. The number of carbonyl (C=O) groups is 1. The van der Waals surface area contributed by atoms with E-state index in [-0.39, 0.29) is 6.10 Å².